The van der Waals surface area contributed by atoms with Crippen LogP contribution in [-0.2, 0) is 9.53 Å². The van der Waals surface area contributed by atoms with E-state index in [4.69, 9.17) is 4.74 Å². The summed E-state index contributed by atoms with van der Waals surface area (Å²) in [4.78, 5) is 27.6. The number of aliphatic carboxylic acids is 1. The van der Waals surface area contributed by atoms with E-state index in [-0.39, 0.29) is 23.4 Å². The molecule has 2 aliphatic heterocycles. The first-order chi connectivity index (χ1) is 9.95. The summed E-state index contributed by atoms with van der Waals surface area (Å²) in [5.41, 5.74) is 0. The third kappa shape index (κ3) is 3.45. The van der Waals surface area contributed by atoms with Crippen molar-refractivity contribution >= 4 is 23.8 Å². The zero-order chi connectivity index (χ0) is 15.6. The third-order valence-electron chi connectivity index (χ3n) is 3.98. The molecule has 0 aromatic carbocycles. The monoisotopic (exact) mass is 316 g/mol. The van der Waals surface area contributed by atoms with Crippen LogP contribution in [0.5, 0.6) is 0 Å². The summed E-state index contributed by atoms with van der Waals surface area (Å²) in [5, 5.41) is 9.31. The number of carbonyl (C=O) groups is 2. The Morgan fingerprint density at radius 3 is 2.71 bits per heavy atom. The molecule has 0 radical (unpaired) electrons. The molecule has 0 aromatic heterocycles. The largest absolute Gasteiger partial charge is 0.480 e. The molecule has 3 unspecified atom stereocenters. The van der Waals surface area contributed by atoms with E-state index in [1.165, 1.54) is 0 Å². The Hall–Kier alpha value is -0.950. The smallest absolute Gasteiger partial charge is 0.327 e. The lowest BCUT2D eigenvalue weighted by molar-refractivity contribution is -0.141. The Morgan fingerprint density at radius 1 is 1.43 bits per heavy atom. The molecule has 0 bridgehead atoms. The number of nitrogens with zero attached hydrogens (tertiary/aromatic N) is 2. The van der Waals surface area contributed by atoms with Gasteiger partial charge in [-0.05, 0) is 12.3 Å². The van der Waals surface area contributed by atoms with Gasteiger partial charge in [0.15, 0.2) is 0 Å². The maximum Gasteiger partial charge on any atom is 0.327 e. The predicted molar refractivity (Wildman–Crippen MR) is 81.3 cm³/mol. The second-order valence-electron chi connectivity index (χ2n) is 5.86. The Bertz CT molecular complexity index is 404. The van der Waals surface area contributed by atoms with E-state index in [2.05, 4.69) is 0 Å². The molecule has 0 aliphatic carbocycles. The Labute approximate surface area is 129 Å². The number of carbonyl (C=O) groups excluding carboxylic acids is 1. The van der Waals surface area contributed by atoms with Gasteiger partial charge >= 0.3 is 12.0 Å². The Kier molecular flexibility index (Phi) is 5.37. The van der Waals surface area contributed by atoms with Crippen molar-refractivity contribution in [3.8, 4) is 0 Å². The lowest BCUT2D eigenvalue weighted by atomic mass is 10.1. The highest BCUT2D eigenvalue weighted by atomic mass is 32.2. The maximum absolute atomic E-state index is 12.8. The van der Waals surface area contributed by atoms with Gasteiger partial charge in [-0.15, -0.1) is 11.8 Å². The minimum absolute atomic E-state index is 0.0544. The van der Waals surface area contributed by atoms with Crippen LogP contribution >= 0.6 is 11.8 Å². The number of carboxylic acid groups (broad SMARTS) is 1. The van der Waals surface area contributed by atoms with Gasteiger partial charge in [-0.3, -0.25) is 4.90 Å². The second kappa shape index (κ2) is 6.87. The molecule has 21 heavy (non-hydrogen) atoms. The van der Waals surface area contributed by atoms with Crippen LogP contribution in [0.15, 0.2) is 0 Å². The highest BCUT2D eigenvalue weighted by Gasteiger charge is 2.44. The van der Waals surface area contributed by atoms with Gasteiger partial charge in [-0.1, -0.05) is 20.8 Å². The van der Waals surface area contributed by atoms with E-state index in [1.54, 1.807) is 21.6 Å². The van der Waals surface area contributed by atoms with E-state index >= 15 is 0 Å². The second-order valence-corrected chi connectivity index (χ2v) is 7.01. The molecule has 0 spiro atoms. The van der Waals surface area contributed by atoms with Crippen molar-refractivity contribution in [2.75, 3.05) is 25.4 Å². The van der Waals surface area contributed by atoms with Crippen molar-refractivity contribution in [2.24, 2.45) is 5.92 Å². The molecule has 2 amide bonds. The molecule has 3 atom stereocenters. The average Bonchev–Trinajstić information content (AvgIpc) is 2.91. The molecule has 6 nitrogen and oxygen atoms in total. The third-order valence-corrected chi connectivity index (χ3v) is 5.60. The summed E-state index contributed by atoms with van der Waals surface area (Å²) in [6, 6.07) is -0.884. The number of amides is 2. The van der Waals surface area contributed by atoms with Crippen molar-refractivity contribution in [1.29, 1.82) is 0 Å². The first kappa shape index (κ1) is 16.4. The number of hydrogen-bond donors (Lipinski definition) is 1. The molecule has 7 heteroatoms. The van der Waals surface area contributed by atoms with Gasteiger partial charge < -0.3 is 14.7 Å². The highest BCUT2D eigenvalue weighted by Crippen LogP contribution is 2.35. The lowest BCUT2D eigenvalue weighted by Crippen LogP contribution is -2.56. The van der Waals surface area contributed by atoms with Gasteiger partial charge in [0.25, 0.3) is 0 Å². The number of hydrogen-bond acceptors (Lipinski definition) is 4. The summed E-state index contributed by atoms with van der Waals surface area (Å²) in [7, 11) is 0. The number of ether oxygens (including phenoxy) is 1. The molecule has 2 saturated heterocycles. The summed E-state index contributed by atoms with van der Waals surface area (Å²) in [5.74, 6) is -0.225. The van der Waals surface area contributed by atoms with Crippen LogP contribution < -0.4 is 0 Å². The quantitative estimate of drug-likeness (QED) is 0.858. The molecular weight excluding hydrogens is 292 g/mol. The van der Waals surface area contributed by atoms with Crippen LogP contribution in [0.3, 0.4) is 0 Å². The molecule has 1 N–H and O–H groups in total. The van der Waals surface area contributed by atoms with Crippen LogP contribution in [0.25, 0.3) is 0 Å². The van der Waals surface area contributed by atoms with Crippen LogP contribution in [0, 0.1) is 5.92 Å². The Morgan fingerprint density at radius 2 is 2.14 bits per heavy atom. The van der Waals surface area contributed by atoms with Gasteiger partial charge in [0, 0.05) is 18.8 Å². The predicted octanol–water partition coefficient (Wildman–Crippen LogP) is 1.70. The van der Waals surface area contributed by atoms with Crippen molar-refractivity contribution in [1.82, 2.24) is 9.80 Å². The van der Waals surface area contributed by atoms with Crippen molar-refractivity contribution in [3.05, 3.63) is 0 Å². The fourth-order valence-electron chi connectivity index (χ4n) is 2.78. The number of morpholine rings is 1. The average molecular weight is 316 g/mol. The summed E-state index contributed by atoms with van der Waals surface area (Å²) in [6.07, 6.45) is 0.910. The highest BCUT2D eigenvalue weighted by molar-refractivity contribution is 8.00. The van der Waals surface area contributed by atoms with E-state index in [9.17, 15) is 14.7 Å². The van der Waals surface area contributed by atoms with E-state index in [1.807, 2.05) is 20.8 Å². The molecular formula is C14H24N2O4S. The first-order valence-electron chi connectivity index (χ1n) is 7.49. The molecule has 2 fully saturated rings. The zero-order valence-electron chi connectivity index (χ0n) is 12.8. The van der Waals surface area contributed by atoms with Crippen molar-refractivity contribution < 1.29 is 19.4 Å². The van der Waals surface area contributed by atoms with Crippen molar-refractivity contribution in [2.45, 2.75) is 44.7 Å². The van der Waals surface area contributed by atoms with Gasteiger partial charge in [-0.25, -0.2) is 9.59 Å². The number of thioether (sulfide) groups is 1. The minimum atomic E-state index is -0.917. The summed E-state index contributed by atoms with van der Waals surface area (Å²) in [6.45, 7) is 7.69. The van der Waals surface area contributed by atoms with Gasteiger partial charge in [0.2, 0.25) is 0 Å². The molecule has 120 valence electrons. The number of rotatable bonds is 3. The summed E-state index contributed by atoms with van der Waals surface area (Å²) >= 11 is 1.56. The molecule has 0 saturated carbocycles. The Balaban J connectivity index is 2.14. The SMILES string of the molecule is CCC1CN(C(=O)N2C(C(=O)O)CSC2C(C)C)CCO1. The van der Waals surface area contributed by atoms with E-state index in [0.29, 0.717) is 25.4 Å². The molecule has 2 aliphatic rings. The molecule has 0 aromatic rings. The lowest BCUT2D eigenvalue weighted by Gasteiger charge is -2.38. The summed E-state index contributed by atoms with van der Waals surface area (Å²) < 4.78 is 5.58. The minimum Gasteiger partial charge on any atom is -0.480 e. The number of urea groups is 1. The van der Waals surface area contributed by atoms with E-state index < -0.39 is 12.0 Å². The fraction of sp³-hybridized carbons (Fsp3) is 0.857. The fourth-order valence-corrected chi connectivity index (χ4v) is 4.24. The first-order valence-corrected chi connectivity index (χ1v) is 8.53. The van der Waals surface area contributed by atoms with Crippen LogP contribution in [0.1, 0.15) is 27.2 Å². The zero-order valence-corrected chi connectivity index (χ0v) is 13.6. The van der Waals surface area contributed by atoms with Crippen LogP contribution in [0.4, 0.5) is 4.79 Å². The van der Waals surface area contributed by atoms with E-state index in [0.717, 1.165) is 6.42 Å². The van der Waals surface area contributed by atoms with Crippen LogP contribution in [0.2, 0.25) is 0 Å². The van der Waals surface area contributed by atoms with Gasteiger partial charge in [0.1, 0.15) is 6.04 Å². The number of carboxylic acids is 1. The van der Waals surface area contributed by atoms with Gasteiger partial charge in [0.05, 0.1) is 18.1 Å². The molecule has 2 rings (SSSR count). The normalized spacial score (nSPS) is 30.0. The maximum atomic E-state index is 12.8. The van der Waals surface area contributed by atoms with Gasteiger partial charge in [-0.2, -0.15) is 0 Å². The molecule has 2 heterocycles. The van der Waals surface area contributed by atoms with Crippen LogP contribution in [-0.4, -0.2) is 69.9 Å². The standard InChI is InChI=1S/C14H24N2O4S/c1-4-10-7-15(5-6-20-10)14(19)16-11(13(17)18)8-21-12(16)9(2)3/h9-12H,4-8H2,1-3H3,(H,17,18). The topological polar surface area (TPSA) is 70.1 Å². The van der Waals surface area contributed by atoms with Crippen molar-refractivity contribution in [3.63, 3.8) is 0 Å².